The van der Waals surface area contributed by atoms with Crippen molar-refractivity contribution in [2.24, 2.45) is 0 Å². The van der Waals surface area contributed by atoms with Gasteiger partial charge in [0, 0.05) is 12.6 Å². The molecule has 0 bridgehead atoms. The predicted molar refractivity (Wildman–Crippen MR) is 78.8 cm³/mol. The van der Waals surface area contributed by atoms with E-state index in [-0.39, 0.29) is 6.54 Å². The van der Waals surface area contributed by atoms with E-state index in [2.05, 4.69) is 0 Å². The van der Waals surface area contributed by atoms with Gasteiger partial charge in [0.15, 0.2) is 4.90 Å². The Bertz CT molecular complexity index is 847. The molecule has 0 saturated heterocycles. The third-order valence-electron chi connectivity index (χ3n) is 4.08. The quantitative estimate of drug-likeness (QED) is 0.839. The fourth-order valence-electron chi connectivity index (χ4n) is 2.94. The molecule has 0 saturated carbocycles. The zero-order valence-electron chi connectivity index (χ0n) is 12.3. The summed E-state index contributed by atoms with van der Waals surface area (Å²) in [7, 11) is -4.37. The van der Waals surface area contributed by atoms with E-state index in [9.17, 15) is 21.6 Å². The number of nitrogens with zero attached hydrogens (tertiary/aromatic N) is 1. The molecule has 0 aromatic heterocycles. The van der Waals surface area contributed by atoms with E-state index >= 15 is 0 Å². The third-order valence-corrected chi connectivity index (χ3v) is 6.10. The molecule has 2 aromatic rings. The summed E-state index contributed by atoms with van der Waals surface area (Å²) in [5.41, 5.74) is 1.34. The van der Waals surface area contributed by atoms with Crippen LogP contribution in [-0.2, 0) is 16.4 Å². The van der Waals surface area contributed by atoms with Gasteiger partial charge in [-0.15, -0.1) is 0 Å². The summed E-state index contributed by atoms with van der Waals surface area (Å²) in [6.07, 6.45) is 0.356. The second kappa shape index (κ2) is 5.65. The highest BCUT2D eigenvalue weighted by Crippen LogP contribution is 2.35. The molecule has 0 spiro atoms. The summed E-state index contributed by atoms with van der Waals surface area (Å²) in [6.45, 7) is 1.66. The monoisotopic (exact) mass is 341 g/mol. The van der Waals surface area contributed by atoms with Gasteiger partial charge >= 0.3 is 0 Å². The molecular weight excluding hydrogens is 327 g/mol. The van der Waals surface area contributed by atoms with Crippen molar-refractivity contribution < 1.29 is 21.6 Å². The van der Waals surface area contributed by atoms with Crippen LogP contribution < -0.4 is 0 Å². The van der Waals surface area contributed by atoms with Crippen LogP contribution in [0.15, 0.2) is 41.3 Å². The van der Waals surface area contributed by atoms with Crippen molar-refractivity contribution >= 4 is 10.0 Å². The first-order valence-electron chi connectivity index (χ1n) is 7.06. The average molecular weight is 341 g/mol. The summed E-state index contributed by atoms with van der Waals surface area (Å²) in [4.78, 5) is -0.966. The van der Waals surface area contributed by atoms with Gasteiger partial charge in [-0.25, -0.2) is 21.6 Å². The van der Waals surface area contributed by atoms with Gasteiger partial charge in [0.1, 0.15) is 17.5 Å². The highest BCUT2D eigenvalue weighted by Gasteiger charge is 2.37. The van der Waals surface area contributed by atoms with Gasteiger partial charge in [-0.05, 0) is 48.7 Å². The van der Waals surface area contributed by atoms with Crippen LogP contribution >= 0.6 is 0 Å². The molecule has 1 atom stereocenters. The fraction of sp³-hybridized carbons (Fsp3) is 0.250. The molecule has 3 rings (SSSR count). The topological polar surface area (TPSA) is 37.4 Å². The van der Waals surface area contributed by atoms with Gasteiger partial charge in [0.25, 0.3) is 0 Å². The maximum absolute atomic E-state index is 13.9. The lowest BCUT2D eigenvalue weighted by atomic mass is 9.95. The van der Waals surface area contributed by atoms with E-state index in [0.717, 1.165) is 28.1 Å². The molecule has 3 nitrogen and oxygen atoms in total. The Balaban J connectivity index is 2.09. The first-order chi connectivity index (χ1) is 10.8. The molecule has 2 aromatic carbocycles. The lowest BCUT2D eigenvalue weighted by Gasteiger charge is -2.34. The Morgan fingerprint density at radius 1 is 1.09 bits per heavy atom. The van der Waals surface area contributed by atoms with Crippen molar-refractivity contribution in [3.05, 3.63) is 65.0 Å². The molecule has 0 amide bonds. The van der Waals surface area contributed by atoms with Gasteiger partial charge in [0.2, 0.25) is 10.0 Å². The predicted octanol–water partition coefficient (Wildman–Crippen LogP) is 3.41. The molecule has 1 unspecified atom stereocenters. The van der Waals surface area contributed by atoms with E-state index in [1.54, 1.807) is 13.0 Å². The maximum Gasteiger partial charge on any atom is 0.249 e. The van der Waals surface area contributed by atoms with Gasteiger partial charge < -0.3 is 0 Å². The first kappa shape index (κ1) is 16.0. The van der Waals surface area contributed by atoms with Crippen LogP contribution in [0.1, 0.15) is 24.1 Å². The molecule has 1 aliphatic rings. The highest BCUT2D eigenvalue weighted by molar-refractivity contribution is 7.89. The van der Waals surface area contributed by atoms with Crippen LogP contribution in [-0.4, -0.2) is 19.3 Å². The maximum atomic E-state index is 13.9. The zero-order chi connectivity index (χ0) is 16.8. The summed E-state index contributed by atoms with van der Waals surface area (Å²) >= 11 is 0. The van der Waals surface area contributed by atoms with Gasteiger partial charge in [-0.2, -0.15) is 4.31 Å². The average Bonchev–Trinajstić information content (AvgIpc) is 2.47. The number of fused-ring (bicyclic) bond motifs is 1. The van der Waals surface area contributed by atoms with E-state index in [1.807, 2.05) is 0 Å². The number of hydrogen-bond donors (Lipinski definition) is 0. The second-order valence-corrected chi connectivity index (χ2v) is 7.26. The van der Waals surface area contributed by atoms with E-state index in [4.69, 9.17) is 0 Å². The number of rotatable bonds is 2. The molecule has 1 aliphatic heterocycles. The van der Waals surface area contributed by atoms with Crippen LogP contribution in [0.25, 0.3) is 0 Å². The van der Waals surface area contributed by atoms with Crippen molar-refractivity contribution in [2.75, 3.05) is 6.54 Å². The van der Waals surface area contributed by atoms with Crippen LogP contribution in [0, 0.1) is 17.5 Å². The molecule has 122 valence electrons. The lowest BCUT2D eigenvalue weighted by Crippen LogP contribution is -2.39. The Morgan fingerprint density at radius 2 is 1.74 bits per heavy atom. The van der Waals surface area contributed by atoms with Gasteiger partial charge in [0.05, 0.1) is 0 Å². The standard InChI is InChI=1S/C16H14F3NO2S/c1-10-13-9-12(17)6-5-11(13)7-8-20(10)23(21,22)16-14(18)3-2-4-15(16)19/h2-6,9-10H,7-8H2,1H3. The zero-order valence-corrected chi connectivity index (χ0v) is 13.1. The Morgan fingerprint density at radius 3 is 2.39 bits per heavy atom. The summed E-state index contributed by atoms with van der Waals surface area (Å²) in [6, 6.07) is 6.38. The van der Waals surface area contributed by atoms with Crippen LogP contribution in [0.5, 0.6) is 0 Å². The van der Waals surface area contributed by atoms with Gasteiger partial charge in [-0.3, -0.25) is 0 Å². The molecule has 0 N–H and O–H groups in total. The summed E-state index contributed by atoms with van der Waals surface area (Å²) in [5, 5.41) is 0. The molecule has 1 heterocycles. The van der Waals surface area contributed by atoms with E-state index in [1.165, 1.54) is 12.1 Å². The van der Waals surface area contributed by atoms with Crippen molar-refractivity contribution in [1.82, 2.24) is 4.31 Å². The first-order valence-corrected chi connectivity index (χ1v) is 8.50. The molecule has 7 heteroatoms. The van der Waals surface area contributed by atoms with Crippen LogP contribution in [0.4, 0.5) is 13.2 Å². The number of benzene rings is 2. The summed E-state index contributed by atoms with van der Waals surface area (Å²) < 4.78 is 67.6. The molecular formula is C16H14F3NO2S. The second-order valence-electron chi connectivity index (χ2n) is 5.44. The normalized spacial score (nSPS) is 18.7. The van der Waals surface area contributed by atoms with Crippen molar-refractivity contribution in [3.63, 3.8) is 0 Å². The molecule has 0 radical (unpaired) electrons. The Hall–Kier alpha value is -1.86. The van der Waals surface area contributed by atoms with Crippen LogP contribution in [0.3, 0.4) is 0 Å². The van der Waals surface area contributed by atoms with E-state index in [0.29, 0.717) is 12.0 Å². The number of hydrogen-bond acceptors (Lipinski definition) is 2. The third kappa shape index (κ3) is 2.64. The van der Waals surface area contributed by atoms with Gasteiger partial charge in [-0.1, -0.05) is 12.1 Å². The van der Waals surface area contributed by atoms with Crippen molar-refractivity contribution in [3.8, 4) is 0 Å². The minimum absolute atomic E-state index is 0.0793. The lowest BCUT2D eigenvalue weighted by molar-refractivity contribution is 0.321. The minimum atomic E-state index is -4.37. The molecule has 23 heavy (non-hydrogen) atoms. The SMILES string of the molecule is CC1c2cc(F)ccc2CCN1S(=O)(=O)c1c(F)cccc1F. The Kier molecular flexibility index (Phi) is 3.93. The summed E-state index contributed by atoms with van der Waals surface area (Å²) in [5.74, 6) is -2.75. The number of sulfonamides is 1. The smallest absolute Gasteiger partial charge is 0.207 e. The van der Waals surface area contributed by atoms with Crippen LogP contribution in [0.2, 0.25) is 0 Å². The largest absolute Gasteiger partial charge is 0.249 e. The van der Waals surface area contributed by atoms with E-state index < -0.39 is 38.4 Å². The molecule has 0 aliphatic carbocycles. The van der Waals surface area contributed by atoms with Crippen molar-refractivity contribution in [1.29, 1.82) is 0 Å². The molecule has 0 fully saturated rings. The van der Waals surface area contributed by atoms with Crippen molar-refractivity contribution in [2.45, 2.75) is 24.3 Å². The minimum Gasteiger partial charge on any atom is -0.207 e. The number of halogens is 3. The highest BCUT2D eigenvalue weighted by atomic mass is 32.2. The fourth-order valence-corrected chi connectivity index (χ4v) is 4.66. The Labute approximate surface area is 132 Å².